The third-order valence-corrected chi connectivity index (χ3v) is 5.21. The standard InChI is InChI=1S/C22H35N3O2/c1-6-23-21(25-14-12-18(13-15-25)20(26)27-7-2)24-16-22(4,5)19-10-8-17(3)9-11-19/h8-11,18H,6-7,12-16H2,1-5H3,(H,23,24). The molecule has 1 N–H and O–H groups in total. The maximum Gasteiger partial charge on any atom is 0.309 e. The van der Waals surface area contributed by atoms with Crippen LogP contribution in [-0.2, 0) is 14.9 Å². The number of nitrogens with one attached hydrogen (secondary N) is 1. The zero-order valence-electron chi connectivity index (χ0n) is 17.5. The number of carbonyl (C=O) groups excluding carboxylic acids is 1. The van der Waals surface area contributed by atoms with E-state index in [1.54, 1.807) is 0 Å². The van der Waals surface area contributed by atoms with Gasteiger partial charge >= 0.3 is 5.97 Å². The first-order valence-electron chi connectivity index (χ1n) is 10.1. The molecule has 0 amide bonds. The van der Waals surface area contributed by atoms with E-state index >= 15 is 0 Å². The largest absolute Gasteiger partial charge is 0.466 e. The Balaban J connectivity index is 2.02. The summed E-state index contributed by atoms with van der Waals surface area (Å²) in [7, 11) is 0. The monoisotopic (exact) mass is 373 g/mol. The van der Waals surface area contributed by atoms with Gasteiger partial charge in [0.1, 0.15) is 0 Å². The zero-order chi connectivity index (χ0) is 19.9. The van der Waals surface area contributed by atoms with E-state index in [0.29, 0.717) is 6.61 Å². The number of likely N-dealkylation sites (tertiary alicyclic amines) is 1. The fourth-order valence-electron chi connectivity index (χ4n) is 3.38. The molecule has 0 atom stereocenters. The molecular formula is C22H35N3O2. The molecule has 0 aromatic heterocycles. The molecule has 0 spiro atoms. The van der Waals surface area contributed by atoms with Gasteiger partial charge in [0.05, 0.1) is 19.1 Å². The minimum atomic E-state index is -0.0559. The van der Waals surface area contributed by atoms with E-state index in [0.717, 1.165) is 45.0 Å². The van der Waals surface area contributed by atoms with Crippen molar-refractivity contribution in [3.63, 3.8) is 0 Å². The SMILES string of the molecule is CCNC(=NCC(C)(C)c1ccc(C)cc1)N1CCC(C(=O)OCC)CC1. The third kappa shape index (κ3) is 5.98. The van der Waals surface area contributed by atoms with E-state index in [9.17, 15) is 4.79 Å². The number of benzene rings is 1. The highest BCUT2D eigenvalue weighted by Gasteiger charge is 2.28. The van der Waals surface area contributed by atoms with E-state index < -0.39 is 0 Å². The molecule has 0 bridgehead atoms. The second kappa shape index (κ2) is 9.77. The Morgan fingerprint density at radius 2 is 1.85 bits per heavy atom. The number of carbonyl (C=O) groups is 1. The van der Waals surface area contributed by atoms with Gasteiger partial charge in [-0.05, 0) is 39.2 Å². The lowest BCUT2D eigenvalue weighted by molar-refractivity contribution is -0.149. The molecule has 1 fully saturated rings. The highest BCUT2D eigenvalue weighted by molar-refractivity contribution is 5.80. The molecule has 0 aliphatic carbocycles. The van der Waals surface area contributed by atoms with Gasteiger partial charge in [-0.15, -0.1) is 0 Å². The number of aryl methyl sites for hydroxylation is 1. The number of hydrogen-bond donors (Lipinski definition) is 1. The van der Waals surface area contributed by atoms with Crippen molar-refractivity contribution in [2.24, 2.45) is 10.9 Å². The summed E-state index contributed by atoms with van der Waals surface area (Å²) >= 11 is 0. The number of nitrogens with zero attached hydrogens (tertiary/aromatic N) is 2. The Hall–Kier alpha value is -2.04. The molecule has 1 aromatic rings. The van der Waals surface area contributed by atoms with E-state index in [1.807, 2.05) is 6.92 Å². The maximum atomic E-state index is 12.0. The van der Waals surface area contributed by atoms with E-state index in [-0.39, 0.29) is 17.3 Å². The molecule has 0 saturated carbocycles. The number of piperidine rings is 1. The molecule has 150 valence electrons. The summed E-state index contributed by atoms with van der Waals surface area (Å²) in [5.41, 5.74) is 2.54. The van der Waals surface area contributed by atoms with Gasteiger partial charge in [0.2, 0.25) is 0 Å². The highest BCUT2D eigenvalue weighted by Crippen LogP contribution is 2.24. The van der Waals surface area contributed by atoms with Crippen molar-refractivity contribution in [1.29, 1.82) is 0 Å². The fraction of sp³-hybridized carbons (Fsp3) is 0.636. The van der Waals surface area contributed by atoms with Crippen molar-refractivity contribution in [3.05, 3.63) is 35.4 Å². The van der Waals surface area contributed by atoms with Gasteiger partial charge in [-0.1, -0.05) is 43.7 Å². The van der Waals surface area contributed by atoms with Crippen molar-refractivity contribution in [2.75, 3.05) is 32.8 Å². The molecule has 0 radical (unpaired) electrons. The van der Waals surface area contributed by atoms with Crippen LogP contribution >= 0.6 is 0 Å². The number of aliphatic imine (C=N–C) groups is 1. The van der Waals surface area contributed by atoms with Crippen molar-refractivity contribution >= 4 is 11.9 Å². The Kier molecular flexibility index (Phi) is 7.69. The zero-order valence-corrected chi connectivity index (χ0v) is 17.5. The van der Waals surface area contributed by atoms with Crippen molar-refractivity contribution in [3.8, 4) is 0 Å². The summed E-state index contributed by atoms with van der Waals surface area (Å²) in [6, 6.07) is 8.71. The number of hydrogen-bond acceptors (Lipinski definition) is 3. The normalized spacial score (nSPS) is 16.3. The first-order chi connectivity index (χ1) is 12.9. The minimum absolute atomic E-state index is 0.0214. The molecule has 1 aliphatic rings. The fourth-order valence-corrected chi connectivity index (χ4v) is 3.38. The summed E-state index contributed by atoms with van der Waals surface area (Å²) in [6.45, 7) is 14.2. The smallest absolute Gasteiger partial charge is 0.309 e. The predicted octanol–water partition coefficient (Wildman–Crippen LogP) is 3.51. The van der Waals surface area contributed by atoms with Crippen LogP contribution in [0.5, 0.6) is 0 Å². The molecule has 5 heteroatoms. The quantitative estimate of drug-likeness (QED) is 0.471. The molecule has 1 saturated heterocycles. The van der Waals surface area contributed by atoms with E-state index in [2.05, 4.69) is 62.2 Å². The van der Waals surface area contributed by atoms with Gasteiger partial charge in [-0.2, -0.15) is 0 Å². The predicted molar refractivity (Wildman–Crippen MR) is 111 cm³/mol. The van der Waals surface area contributed by atoms with Crippen molar-refractivity contribution in [2.45, 2.75) is 52.9 Å². The van der Waals surface area contributed by atoms with E-state index in [1.165, 1.54) is 11.1 Å². The summed E-state index contributed by atoms with van der Waals surface area (Å²) < 4.78 is 5.17. The van der Waals surface area contributed by atoms with Crippen LogP contribution in [0.2, 0.25) is 0 Å². The van der Waals surface area contributed by atoms with Crippen LogP contribution in [0.3, 0.4) is 0 Å². The van der Waals surface area contributed by atoms with Crippen LogP contribution in [0.1, 0.15) is 51.7 Å². The van der Waals surface area contributed by atoms with Gasteiger partial charge in [0.25, 0.3) is 0 Å². The summed E-state index contributed by atoms with van der Waals surface area (Å²) in [4.78, 5) is 19.1. The Bertz CT molecular complexity index is 629. The van der Waals surface area contributed by atoms with E-state index in [4.69, 9.17) is 9.73 Å². The lowest BCUT2D eigenvalue weighted by atomic mass is 9.84. The highest BCUT2D eigenvalue weighted by atomic mass is 16.5. The van der Waals surface area contributed by atoms with Gasteiger partial charge in [-0.3, -0.25) is 9.79 Å². The van der Waals surface area contributed by atoms with Crippen LogP contribution in [0.25, 0.3) is 0 Å². The number of ether oxygens (including phenoxy) is 1. The number of rotatable bonds is 6. The lowest BCUT2D eigenvalue weighted by Crippen LogP contribution is -2.47. The van der Waals surface area contributed by atoms with Crippen LogP contribution in [0.4, 0.5) is 0 Å². The molecule has 5 nitrogen and oxygen atoms in total. The Morgan fingerprint density at radius 1 is 1.22 bits per heavy atom. The maximum absolute atomic E-state index is 12.0. The molecule has 1 heterocycles. The average molecular weight is 374 g/mol. The first kappa shape index (κ1) is 21.3. The average Bonchev–Trinajstić information content (AvgIpc) is 2.66. The van der Waals surface area contributed by atoms with Crippen molar-refractivity contribution < 1.29 is 9.53 Å². The number of guanidine groups is 1. The first-order valence-corrected chi connectivity index (χ1v) is 10.1. The summed E-state index contributed by atoms with van der Waals surface area (Å²) in [5, 5.41) is 3.41. The number of esters is 1. The second-order valence-electron chi connectivity index (χ2n) is 7.93. The second-order valence-corrected chi connectivity index (χ2v) is 7.93. The third-order valence-electron chi connectivity index (χ3n) is 5.21. The molecule has 27 heavy (non-hydrogen) atoms. The molecule has 1 aromatic carbocycles. The molecular weight excluding hydrogens is 338 g/mol. The van der Waals surface area contributed by atoms with Crippen molar-refractivity contribution in [1.82, 2.24) is 10.2 Å². The van der Waals surface area contributed by atoms with Crippen LogP contribution in [0, 0.1) is 12.8 Å². The summed E-state index contributed by atoms with van der Waals surface area (Å²) in [5.74, 6) is 0.910. The topological polar surface area (TPSA) is 53.9 Å². The summed E-state index contributed by atoms with van der Waals surface area (Å²) in [6.07, 6.45) is 1.65. The van der Waals surface area contributed by atoms with Crippen LogP contribution in [-0.4, -0.2) is 49.6 Å². The minimum Gasteiger partial charge on any atom is -0.466 e. The Labute approximate surface area is 164 Å². The van der Waals surface area contributed by atoms with Gasteiger partial charge in [-0.25, -0.2) is 0 Å². The van der Waals surface area contributed by atoms with Crippen LogP contribution < -0.4 is 5.32 Å². The lowest BCUT2D eigenvalue weighted by Gasteiger charge is -2.34. The molecule has 2 rings (SSSR count). The Morgan fingerprint density at radius 3 is 2.41 bits per heavy atom. The van der Waals surface area contributed by atoms with Gasteiger partial charge < -0.3 is 15.0 Å². The van der Waals surface area contributed by atoms with Crippen LogP contribution in [0.15, 0.2) is 29.3 Å². The van der Waals surface area contributed by atoms with Gasteiger partial charge in [0, 0.05) is 25.0 Å². The van der Waals surface area contributed by atoms with Gasteiger partial charge in [0.15, 0.2) is 5.96 Å². The molecule has 0 unspecified atom stereocenters. The molecule has 1 aliphatic heterocycles.